The molecule has 102 valence electrons. The molecule has 0 spiro atoms. The number of H-pyrrole nitrogens is 1. The third kappa shape index (κ3) is 2.44. The van der Waals surface area contributed by atoms with Gasteiger partial charge in [0, 0.05) is 23.2 Å². The second kappa shape index (κ2) is 5.45. The Hall–Kier alpha value is -2.16. The minimum atomic E-state index is 0.0474. The highest BCUT2D eigenvalue weighted by molar-refractivity contribution is 5.91. The minimum Gasteiger partial charge on any atom is -0.295 e. The van der Waals surface area contributed by atoms with Crippen LogP contribution in [0.4, 0.5) is 0 Å². The van der Waals surface area contributed by atoms with Crippen LogP contribution in [0.5, 0.6) is 0 Å². The number of carbonyl (C=O) groups is 1. The summed E-state index contributed by atoms with van der Waals surface area (Å²) in [6.07, 6.45) is 6.44. The normalized spacial score (nSPS) is 13.8. The first-order valence-corrected chi connectivity index (χ1v) is 7.08. The number of fused-ring (bicyclic) bond motifs is 1. The zero-order valence-corrected chi connectivity index (χ0v) is 11.5. The van der Waals surface area contributed by atoms with Gasteiger partial charge in [0.25, 0.3) is 0 Å². The van der Waals surface area contributed by atoms with Gasteiger partial charge in [0.05, 0.1) is 5.69 Å². The highest BCUT2D eigenvalue weighted by Gasteiger charge is 2.18. The van der Waals surface area contributed by atoms with Crippen LogP contribution in [0.1, 0.15) is 29.7 Å². The second-order valence-corrected chi connectivity index (χ2v) is 5.28. The van der Waals surface area contributed by atoms with Gasteiger partial charge in [-0.3, -0.25) is 9.89 Å². The third-order valence-corrected chi connectivity index (χ3v) is 3.86. The van der Waals surface area contributed by atoms with E-state index in [1.54, 1.807) is 0 Å². The van der Waals surface area contributed by atoms with Crippen molar-refractivity contribution in [2.24, 2.45) is 0 Å². The Morgan fingerprint density at radius 3 is 3.05 bits per heavy atom. The molecular formula is C17H18N2O. The van der Waals surface area contributed by atoms with Crippen molar-refractivity contribution < 1.29 is 4.79 Å². The number of allylic oxidation sites excluding steroid dienone is 1. The molecule has 0 atom stereocenters. The Morgan fingerprint density at radius 1 is 1.35 bits per heavy atom. The van der Waals surface area contributed by atoms with Gasteiger partial charge in [-0.15, -0.1) is 0 Å². The number of nitrogens with zero attached hydrogens (tertiary/aromatic N) is 1. The average molecular weight is 266 g/mol. The molecule has 1 N–H and O–H groups in total. The summed E-state index contributed by atoms with van der Waals surface area (Å²) in [5, 5.41) is 7.64. The predicted octanol–water partition coefficient (Wildman–Crippen LogP) is 3.25. The number of rotatable bonds is 4. The van der Waals surface area contributed by atoms with Crippen LogP contribution in [0, 0.1) is 0 Å². The van der Waals surface area contributed by atoms with Gasteiger partial charge in [0.15, 0.2) is 5.78 Å². The van der Waals surface area contributed by atoms with E-state index in [9.17, 15) is 4.79 Å². The minimum absolute atomic E-state index is 0.0474. The van der Waals surface area contributed by atoms with Crippen LogP contribution in [0.15, 0.2) is 36.9 Å². The molecule has 1 aromatic carbocycles. The van der Waals surface area contributed by atoms with Gasteiger partial charge < -0.3 is 0 Å². The first-order chi connectivity index (χ1) is 9.78. The molecule has 3 rings (SSSR count). The van der Waals surface area contributed by atoms with Gasteiger partial charge in [-0.25, -0.2) is 0 Å². The Kier molecular flexibility index (Phi) is 3.50. The molecule has 1 aliphatic carbocycles. The first-order valence-electron chi connectivity index (χ1n) is 7.08. The summed E-state index contributed by atoms with van der Waals surface area (Å²) in [6, 6.07) is 8.09. The lowest BCUT2D eigenvalue weighted by Crippen LogP contribution is -2.01. The highest BCUT2D eigenvalue weighted by atomic mass is 16.1. The van der Waals surface area contributed by atoms with Crippen molar-refractivity contribution in [3.05, 3.63) is 53.7 Å². The van der Waals surface area contributed by atoms with Gasteiger partial charge in [0.1, 0.15) is 0 Å². The summed E-state index contributed by atoms with van der Waals surface area (Å²) >= 11 is 0. The van der Waals surface area contributed by atoms with Gasteiger partial charge in [-0.1, -0.05) is 24.8 Å². The van der Waals surface area contributed by atoms with Gasteiger partial charge in [-0.05, 0) is 43.4 Å². The van der Waals surface area contributed by atoms with Crippen molar-refractivity contribution >= 4 is 5.78 Å². The number of hydrogen-bond donors (Lipinski definition) is 1. The smallest absolute Gasteiger partial charge is 0.159 e. The largest absolute Gasteiger partial charge is 0.295 e. The molecule has 3 nitrogen and oxygen atoms in total. The zero-order chi connectivity index (χ0) is 13.9. The lowest BCUT2D eigenvalue weighted by atomic mass is 9.93. The van der Waals surface area contributed by atoms with E-state index in [4.69, 9.17) is 0 Å². The Balaban J connectivity index is 1.94. The molecule has 0 radical (unpaired) electrons. The Morgan fingerprint density at radius 2 is 2.20 bits per heavy atom. The molecule has 0 amide bonds. The zero-order valence-electron chi connectivity index (χ0n) is 11.5. The molecule has 0 saturated carbocycles. The summed E-state index contributed by atoms with van der Waals surface area (Å²) in [4.78, 5) is 11.5. The van der Waals surface area contributed by atoms with E-state index >= 15 is 0 Å². The summed E-state index contributed by atoms with van der Waals surface area (Å²) in [5.41, 5.74) is 5.79. The number of hydrogen-bond acceptors (Lipinski definition) is 2. The maximum absolute atomic E-state index is 11.5. The molecule has 0 saturated heterocycles. The van der Waals surface area contributed by atoms with E-state index < -0.39 is 0 Å². The number of aryl methyl sites for hydroxylation is 1. The van der Waals surface area contributed by atoms with Crippen LogP contribution < -0.4 is 0 Å². The fourth-order valence-electron chi connectivity index (χ4n) is 2.82. The molecule has 2 aromatic rings. The highest BCUT2D eigenvalue weighted by Crippen LogP contribution is 2.29. The van der Waals surface area contributed by atoms with E-state index in [-0.39, 0.29) is 5.78 Å². The number of ketones is 1. The monoisotopic (exact) mass is 266 g/mol. The summed E-state index contributed by atoms with van der Waals surface area (Å²) in [6.45, 7) is 3.52. The molecule has 0 unspecified atom stereocenters. The van der Waals surface area contributed by atoms with Crippen molar-refractivity contribution in [1.82, 2.24) is 10.2 Å². The van der Waals surface area contributed by atoms with E-state index in [1.807, 2.05) is 12.1 Å². The van der Waals surface area contributed by atoms with E-state index in [1.165, 1.54) is 30.2 Å². The third-order valence-electron chi connectivity index (χ3n) is 3.86. The number of nitrogens with one attached hydrogen (secondary N) is 1. The number of carbonyl (C=O) groups excluding carboxylic acids is 1. The van der Waals surface area contributed by atoms with Gasteiger partial charge in [-0.2, -0.15) is 5.10 Å². The summed E-state index contributed by atoms with van der Waals surface area (Å²) < 4.78 is 0. The van der Waals surface area contributed by atoms with Crippen molar-refractivity contribution in [1.29, 1.82) is 0 Å². The van der Waals surface area contributed by atoms with Crippen LogP contribution in [0.2, 0.25) is 0 Å². The quantitative estimate of drug-likeness (QED) is 0.863. The van der Waals surface area contributed by atoms with E-state index in [0.29, 0.717) is 6.42 Å². The maximum atomic E-state index is 11.5. The van der Waals surface area contributed by atoms with Crippen LogP contribution in [0.25, 0.3) is 11.3 Å². The molecule has 0 fully saturated rings. The fraction of sp³-hybridized carbons (Fsp3) is 0.294. The molecular weight excluding hydrogens is 248 g/mol. The average Bonchev–Trinajstić information content (AvgIpc) is 2.91. The lowest BCUT2D eigenvalue weighted by Gasteiger charge is -2.11. The topological polar surface area (TPSA) is 45.8 Å². The Labute approximate surface area is 118 Å². The predicted molar refractivity (Wildman–Crippen MR) is 79.6 cm³/mol. The summed E-state index contributed by atoms with van der Waals surface area (Å²) in [5.74, 6) is 0.0474. The van der Waals surface area contributed by atoms with Gasteiger partial charge >= 0.3 is 0 Å². The van der Waals surface area contributed by atoms with Crippen LogP contribution in [-0.4, -0.2) is 16.0 Å². The number of aromatic nitrogens is 2. The van der Waals surface area contributed by atoms with Crippen LogP contribution >= 0.6 is 0 Å². The molecule has 0 bridgehead atoms. The molecule has 20 heavy (non-hydrogen) atoms. The van der Waals surface area contributed by atoms with Crippen LogP contribution in [-0.2, 0) is 24.1 Å². The summed E-state index contributed by atoms with van der Waals surface area (Å²) in [7, 11) is 0. The maximum Gasteiger partial charge on any atom is 0.159 e. The van der Waals surface area contributed by atoms with E-state index in [0.717, 1.165) is 29.7 Å². The number of aromatic amines is 1. The lowest BCUT2D eigenvalue weighted by molar-refractivity contribution is -0.114. The SMILES string of the molecule is C=CC(=O)Cc1cccc(-c2n[nH]c3c2CCCC3)c1. The molecule has 0 aliphatic heterocycles. The first kappa shape index (κ1) is 12.9. The van der Waals surface area contributed by atoms with Crippen molar-refractivity contribution in [3.63, 3.8) is 0 Å². The molecule has 3 heteroatoms. The van der Waals surface area contributed by atoms with E-state index in [2.05, 4.69) is 28.9 Å². The second-order valence-electron chi connectivity index (χ2n) is 5.28. The molecule has 1 aromatic heterocycles. The number of benzene rings is 1. The fourth-order valence-corrected chi connectivity index (χ4v) is 2.82. The molecule has 1 aliphatic rings. The van der Waals surface area contributed by atoms with Gasteiger partial charge in [0.2, 0.25) is 0 Å². The molecule has 1 heterocycles. The van der Waals surface area contributed by atoms with Crippen molar-refractivity contribution in [2.75, 3.05) is 0 Å². The standard InChI is InChI=1S/C17H18N2O/c1-2-14(20)11-12-6-5-7-13(10-12)17-15-8-3-4-9-16(15)18-19-17/h2,5-7,10H,1,3-4,8-9,11H2,(H,18,19). The van der Waals surface area contributed by atoms with Crippen molar-refractivity contribution in [2.45, 2.75) is 32.1 Å². The van der Waals surface area contributed by atoms with Crippen molar-refractivity contribution in [3.8, 4) is 11.3 Å². The Bertz CT molecular complexity index is 655. The van der Waals surface area contributed by atoms with Crippen LogP contribution in [0.3, 0.4) is 0 Å².